The first-order valence-corrected chi connectivity index (χ1v) is 14.5. The lowest BCUT2D eigenvalue weighted by atomic mass is 9.82. The molecule has 1 atom stereocenters. The van der Waals surface area contributed by atoms with Gasteiger partial charge in [0, 0.05) is 18.8 Å². The number of carbonyl (C=O) groups is 1. The molecule has 1 unspecified atom stereocenters. The van der Waals surface area contributed by atoms with Crippen LogP contribution in [0.15, 0.2) is 89.4 Å². The van der Waals surface area contributed by atoms with E-state index in [-0.39, 0.29) is 35.2 Å². The Morgan fingerprint density at radius 2 is 1.76 bits per heavy atom. The molecule has 0 bridgehead atoms. The lowest BCUT2D eigenvalue weighted by molar-refractivity contribution is 0.0655. The summed E-state index contributed by atoms with van der Waals surface area (Å²) < 4.78 is 23.3. The van der Waals surface area contributed by atoms with Crippen LogP contribution < -0.4 is 15.2 Å². The SMILES string of the molecule is Cc1cc2c(cc1F)C1(N3CN(CC4CC4)C(=O)c4c(OCc5ccccc5)c(=O)ccn43)C(=C2)Cc2ccccc21. The Hall–Kier alpha value is -4.65. The highest BCUT2D eigenvalue weighted by Gasteiger charge is 2.55. The van der Waals surface area contributed by atoms with Crippen molar-refractivity contribution in [2.75, 3.05) is 18.2 Å². The number of amides is 1. The molecule has 0 spiro atoms. The predicted octanol–water partition coefficient (Wildman–Crippen LogP) is 5.53. The largest absolute Gasteiger partial charge is 0.482 e. The first-order chi connectivity index (χ1) is 20.4. The molecule has 1 fully saturated rings. The lowest BCUT2D eigenvalue weighted by Gasteiger charge is -2.49. The van der Waals surface area contributed by atoms with Gasteiger partial charge < -0.3 is 9.64 Å². The number of ether oxygens (including phenoxy) is 1. The third-order valence-corrected chi connectivity index (χ3v) is 9.18. The summed E-state index contributed by atoms with van der Waals surface area (Å²) in [5.74, 6) is -0.00769. The van der Waals surface area contributed by atoms with Gasteiger partial charge in [0.05, 0.1) is 0 Å². The van der Waals surface area contributed by atoms with Crippen LogP contribution in [0.3, 0.4) is 0 Å². The maximum Gasteiger partial charge on any atom is 0.277 e. The number of carbonyl (C=O) groups excluding carboxylic acids is 1. The van der Waals surface area contributed by atoms with Crippen LogP contribution in [0.4, 0.5) is 4.39 Å². The zero-order chi connectivity index (χ0) is 28.6. The summed E-state index contributed by atoms with van der Waals surface area (Å²) in [6, 6.07) is 22.9. The number of rotatable bonds is 6. The smallest absolute Gasteiger partial charge is 0.277 e. The fourth-order valence-electron chi connectivity index (χ4n) is 7.01. The quantitative estimate of drug-likeness (QED) is 0.312. The first kappa shape index (κ1) is 25.1. The average molecular weight is 560 g/mol. The molecule has 0 saturated heterocycles. The Kier molecular flexibility index (Phi) is 5.48. The second-order valence-electron chi connectivity index (χ2n) is 11.9. The average Bonchev–Trinajstić information content (AvgIpc) is 3.69. The summed E-state index contributed by atoms with van der Waals surface area (Å²) in [5, 5.41) is 2.15. The van der Waals surface area contributed by atoms with Gasteiger partial charge >= 0.3 is 0 Å². The van der Waals surface area contributed by atoms with E-state index in [0.29, 0.717) is 31.1 Å². The molecule has 3 aromatic carbocycles. The van der Waals surface area contributed by atoms with Gasteiger partial charge in [-0.3, -0.25) is 19.3 Å². The molecule has 2 heterocycles. The molecular formula is C35H30FN3O3. The predicted molar refractivity (Wildman–Crippen MR) is 158 cm³/mol. The van der Waals surface area contributed by atoms with Gasteiger partial charge in [0.1, 0.15) is 24.6 Å². The van der Waals surface area contributed by atoms with Crippen molar-refractivity contribution in [3.63, 3.8) is 0 Å². The number of benzene rings is 3. The van der Waals surface area contributed by atoms with E-state index in [1.807, 2.05) is 53.4 Å². The molecule has 6 nitrogen and oxygen atoms in total. The third-order valence-electron chi connectivity index (χ3n) is 9.18. The number of fused-ring (bicyclic) bond motifs is 6. The van der Waals surface area contributed by atoms with Crippen molar-refractivity contribution in [2.24, 2.45) is 5.92 Å². The van der Waals surface area contributed by atoms with Crippen LogP contribution in [-0.4, -0.2) is 28.7 Å². The molecule has 3 aliphatic carbocycles. The van der Waals surface area contributed by atoms with Gasteiger partial charge in [-0.05, 0) is 83.2 Å². The zero-order valence-corrected chi connectivity index (χ0v) is 23.3. The van der Waals surface area contributed by atoms with Crippen molar-refractivity contribution >= 4 is 12.0 Å². The molecule has 1 amide bonds. The Morgan fingerprint density at radius 1 is 0.976 bits per heavy atom. The van der Waals surface area contributed by atoms with Crippen LogP contribution in [-0.2, 0) is 18.6 Å². The highest BCUT2D eigenvalue weighted by atomic mass is 19.1. The molecule has 210 valence electrons. The molecule has 1 aromatic heterocycles. The molecule has 7 heteroatoms. The molecule has 8 rings (SSSR count). The standard InChI is InChI=1S/C35H30FN3O3/c1-22-15-26-17-27-16-25-9-5-6-10-28(25)35(27,29(26)18-30(22)36)39-21-37(19-23-11-12-23)34(41)32-33(31(40)13-14-38(32)39)42-20-24-7-3-2-4-8-24/h2-10,13-15,17-18,23H,11-12,16,19-21H2,1H3. The Morgan fingerprint density at radius 3 is 2.57 bits per heavy atom. The minimum Gasteiger partial charge on any atom is -0.482 e. The number of pyridine rings is 1. The first-order valence-electron chi connectivity index (χ1n) is 14.5. The fourth-order valence-corrected chi connectivity index (χ4v) is 7.01. The van der Waals surface area contributed by atoms with Gasteiger partial charge in [0.25, 0.3) is 5.91 Å². The van der Waals surface area contributed by atoms with Crippen LogP contribution in [0.25, 0.3) is 6.08 Å². The minimum atomic E-state index is -0.844. The van der Waals surface area contributed by atoms with E-state index in [4.69, 9.17) is 4.74 Å². The normalized spacial score (nSPS) is 20.1. The van der Waals surface area contributed by atoms with Crippen molar-refractivity contribution in [3.05, 3.63) is 140 Å². The molecule has 0 N–H and O–H groups in total. The van der Waals surface area contributed by atoms with Gasteiger partial charge in [-0.25, -0.2) is 4.39 Å². The van der Waals surface area contributed by atoms with E-state index in [9.17, 15) is 9.59 Å². The van der Waals surface area contributed by atoms with Crippen molar-refractivity contribution in [1.82, 2.24) is 9.58 Å². The summed E-state index contributed by atoms with van der Waals surface area (Å²) in [4.78, 5) is 29.4. The zero-order valence-electron chi connectivity index (χ0n) is 23.3. The monoisotopic (exact) mass is 559 g/mol. The summed E-state index contributed by atoms with van der Waals surface area (Å²) in [6.07, 6.45) is 6.73. The molecule has 4 aromatic rings. The van der Waals surface area contributed by atoms with Crippen LogP contribution in [0.1, 0.15) is 56.7 Å². The fraction of sp³-hybridized carbons (Fsp3) is 0.257. The van der Waals surface area contributed by atoms with E-state index < -0.39 is 5.54 Å². The number of aromatic nitrogens is 1. The summed E-state index contributed by atoms with van der Waals surface area (Å²) in [5.41, 5.74) is 5.72. The number of nitrogens with zero attached hydrogens (tertiary/aromatic N) is 3. The Labute approximate surface area is 243 Å². The highest BCUT2D eigenvalue weighted by Crippen LogP contribution is 2.56. The summed E-state index contributed by atoms with van der Waals surface area (Å²) in [6.45, 7) is 2.85. The maximum absolute atomic E-state index is 15.4. The summed E-state index contributed by atoms with van der Waals surface area (Å²) >= 11 is 0. The number of hydrogen-bond acceptors (Lipinski definition) is 4. The van der Waals surface area contributed by atoms with Crippen LogP contribution >= 0.6 is 0 Å². The van der Waals surface area contributed by atoms with Crippen molar-refractivity contribution in [1.29, 1.82) is 0 Å². The second-order valence-corrected chi connectivity index (χ2v) is 11.9. The van der Waals surface area contributed by atoms with Crippen LogP contribution in [0.5, 0.6) is 5.75 Å². The highest BCUT2D eigenvalue weighted by molar-refractivity contribution is 5.96. The molecule has 4 aliphatic rings. The molecular weight excluding hydrogens is 529 g/mol. The second kappa shape index (κ2) is 9.18. The molecule has 1 aliphatic heterocycles. The Balaban J connectivity index is 1.36. The summed E-state index contributed by atoms with van der Waals surface area (Å²) in [7, 11) is 0. The van der Waals surface area contributed by atoms with E-state index in [0.717, 1.165) is 40.7 Å². The third kappa shape index (κ3) is 3.62. The van der Waals surface area contributed by atoms with Crippen molar-refractivity contribution < 1.29 is 13.9 Å². The molecule has 1 saturated carbocycles. The maximum atomic E-state index is 15.4. The van der Waals surface area contributed by atoms with Gasteiger partial charge in [-0.15, -0.1) is 0 Å². The van der Waals surface area contributed by atoms with Gasteiger partial charge in [-0.1, -0.05) is 60.7 Å². The van der Waals surface area contributed by atoms with E-state index >= 15 is 4.39 Å². The van der Waals surface area contributed by atoms with Crippen LogP contribution in [0.2, 0.25) is 0 Å². The van der Waals surface area contributed by atoms with E-state index in [1.165, 1.54) is 11.6 Å². The van der Waals surface area contributed by atoms with Gasteiger partial charge in [-0.2, -0.15) is 0 Å². The topological polar surface area (TPSA) is 54.8 Å². The number of aryl methyl sites for hydroxylation is 1. The minimum absolute atomic E-state index is 0.0402. The van der Waals surface area contributed by atoms with E-state index in [2.05, 4.69) is 23.2 Å². The lowest BCUT2D eigenvalue weighted by Crippen LogP contribution is -2.62. The Bertz CT molecular complexity index is 1860. The van der Waals surface area contributed by atoms with Crippen molar-refractivity contribution in [3.8, 4) is 5.75 Å². The molecule has 42 heavy (non-hydrogen) atoms. The number of hydrogen-bond donors (Lipinski definition) is 0. The number of halogens is 1. The van der Waals surface area contributed by atoms with E-state index in [1.54, 1.807) is 23.9 Å². The van der Waals surface area contributed by atoms with Crippen LogP contribution in [0, 0.1) is 18.7 Å². The van der Waals surface area contributed by atoms with Crippen molar-refractivity contribution in [2.45, 2.75) is 38.3 Å². The van der Waals surface area contributed by atoms with Gasteiger partial charge in [0.2, 0.25) is 5.43 Å². The molecule has 0 radical (unpaired) electrons. The van der Waals surface area contributed by atoms with Gasteiger partial charge in [0.15, 0.2) is 11.4 Å².